The summed E-state index contributed by atoms with van der Waals surface area (Å²) >= 11 is 0. The zero-order chi connectivity index (χ0) is 7.30. The van der Waals surface area contributed by atoms with Gasteiger partial charge in [0, 0.05) is 6.42 Å². The number of amidine groups is 1. The second kappa shape index (κ2) is 2.67. The van der Waals surface area contributed by atoms with Gasteiger partial charge in [0.1, 0.15) is 0 Å². The molecule has 2 nitrogen and oxygen atoms in total. The third-order valence-electron chi connectivity index (χ3n) is 2.90. The van der Waals surface area contributed by atoms with Crippen LogP contribution in [0, 0.1) is 17.8 Å². The van der Waals surface area contributed by atoms with Crippen LogP contribution < -0.4 is 5.73 Å². The van der Waals surface area contributed by atoms with Crippen molar-refractivity contribution < 1.29 is 0 Å². The summed E-state index contributed by atoms with van der Waals surface area (Å²) in [4.78, 5) is 4.38. The van der Waals surface area contributed by atoms with Crippen molar-refractivity contribution >= 4 is 18.2 Å². The minimum atomic E-state index is 0. The Morgan fingerprint density at radius 3 is 2.64 bits per heavy atom. The smallest absolute Gasteiger partial charge is 0.0943 e. The Labute approximate surface area is 73.7 Å². The molecule has 1 fully saturated rings. The molecule has 0 amide bonds. The first-order chi connectivity index (χ1) is 4.70. The highest BCUT2D eigenvalue weighted by Gasteiger charge is 2.51. The van der Waals surface area contributed by atoms with E-state index in [1.165, 1.54) is 0 Å². The highest BCUT2D eigenvalue weighted by molar-refractivity contribution is 5.85. The second-order valence-corrected chi connectivity index (χ2v) is 3.73. The summed E-state index contributed by atoms with van der Waals surface area (Å²) in [6.45, 7) is 4.55. The molecule has 1 saturated carbocycles. The Morgan fingerprint density at radius 1 is 1.45 bits per heavy atom. The fourth-order valence-electron chi connectivity index (χ4n) is 2.24. The van der Waals surface area contributed by atoms with Crippen LogP contribution in [-0.4, -0.2) is 11.9 Å². The van der Waals surface area contributed by atoms with Gasteiger partial charge in [-0.2, -0.15) is 0 Å². The maximum atomic E-state index is 5.65. The molecule has 2 N–H and O–H groups in total. The number of hydrogen-bond acceptors (Lipinski definition) is 2. The van der Waals surface area contributed by atoms with E-state index in [-0.39, 0.29) is 12.4 Å². The van der Waals surface area contributed by atoms with Gasteiger partial charge >= 0.3 is 0 Å². The van der Waals surface area contributed by atoms with E-state index in [2.05, 4.69) is 18.8 Å². The van der Waals surface area contributed by atoms with E-state index in [0.29, 0.717) is 6.04 Å². The number of nitrogens with two attached hydrogens (primary N) is 1. The first-order valence-electron chi connectivity index (χ1n) is 4.02. The Balaban J connectivity index is 0.000000605. The van der Waals surface area contributed by atoms with Crippen LogP contribution in [0.5, 0.6) is 0 Å². The van der Waals surface area contributed by atoms with E-state index in [1.807, 2.05) is 0 Å². The molecule has 0 unspecified atom stereocenters. The van der Waals surface area contributed by atoms with Crippen LogP contribution in [0.2, 0.25) is 0 Å². The standard InChI is InChI=1S/C8H14N2.ClH/c1-4-3-6(9)10-8-5(2)7(4)8;/h4-5,7-8H,3H2,1-2H3,(H2,9,10);1H/t4-,5-,7-,8+;/m0./s1. The predicted molar refractivity (Wildman–Crippen MR) is 49.1 cm³/mol. The van der Waals surface area contributed by atoms with Crippen LogP contribution in [-0.2, 0) is 0 Å². The maximum absolute atomic E-state index is 5.65. The minimum Gasteiger partial charge on any atom is -0.387 e. The Bertz CT molecular complexity index is 191. The molecule has 3 heteroatoms. The lowest BCUT2D eigenvalue weighted by atomic mass is 9.98. The molecule has 0 aromatic rings. The zero-order valence-electron chi connectivity index (χ0n) is 6.95. The van der Waals surface area contributed by atoms with Crippen LogP contribution in [0.1, 0.15) is 20.3 Å². The fraction of sp³-hybridized carbons (Fsp3) is 0.875. The highest BCUT2D eigenvalue weighted by Crippen LogP contribution is 2.50. The van der Waals surface area contributed by atoms with Gasteiger partial charge in [-0.3, -0.25) is 4.99 Å². The summed E-state index contributed by atoms with van der Waals surface area (Å²) in [7, 11) is 0. The number of hydrogen-bond donors (Lipinski definition) is 1. The third-order valence-corrected chi connectivity index (χ3v) is 2.90. The van der Waals surface area contributed by atoms with Crippen molar-refractivity contribution in [2.75, 3.05) is 0 Å². The van der Waals surface area contributed by atoms with Crippen LogP contribution in [0.15, 0.2) is 4.99 Å². The number of nitrogens with zero attached hydrogens (tertiary/aromatic N) is 1. The molecular weight excluding hydrogens is 160 g/mol. The van der Waals surface area contributed by atoms with Crippen molar-refractivity contribution in [3.05, 3.63) is 0 Å². The van der Waals surface area contributed by atoms with Crippen LogP contribution >= 0.6 is 12.4 Å². The maximum Gasteiger partial charge on any atom is 0.0943 e. The lowest BCUT2D eigenvalue weighted by molar-refractivity contribution is 0.481. The molecule has 0 bridgehead atoms. The summed E-state index contributed by atoms with van der Waals surface area (Å²) in [5.41, 5.74) is 5.65. The van der Waals surface area contributed by atoms with Gasteiger partial charge in [-0.15, -0.1) is 12.4 Å². The van der Waals surface area contributed by atoms with Crippen LogP contribution in [0.4, 0.5) is 0 Å². The number of aliphatic imine (C=N–C) groups is 1. The molecule has 4 atom stereocenters. The molecule has 1 heterocycles. The molecule has 2 aliphatic rings. The summed E-state index contributed by atoms with van der Waals surface area (Å²) in [6, 6.07) is 0.587. The Hall–Kier alpha value is -0.240. The Kier molecular flexibility index (Phi) is 2.15. The van der Waals surface area contributed by atoms with Gasteiger partial charge in [-0.25, -0.2) is 0 Å². The molecule has 0 aromatic heterocycles. The van der Waals surface area contributed by atoms with Gasteiger partial charge in [0.15, 0.2) is 0 Å². The molecule has 0 spiro atoms. The number of rotatable bonds is 0. The Morgan fingerprint density at radius 2 is 2.09 bits per heavy atom. The lowest BCUT2D eigenvalue weighted by Gasteiger charge is -2.13. The van der Waals surface area contributed by atoms with Crippen molar-refractivity contribution in [1.82, 2.24) is 0 Å². The molecule has 2 rings (SSSR count). The summed E-state index contributed by atoms with van der Waals surface area (Å²) in [6.07, 6.45) is 1.02. The second-order valence-electron chi connectivity index (χ2n) is 3.73. The van der Waals surface area contributed by atoms with Crippen molar-refractivity contribution in [3.8, 4) is 0 Å². The average Bonchev–Trinajstić information content (AvgIpc) is 2.42. The molecule has 1 aliphatic carbocycles. The normalized spacial score (nSPS) is 46.9. The quantitative estimate of drug-likeness (QED) is 0.593. The molecule has 0 radical (unpaired) electrons. The highest BCUT2D eigenvalue weighted by atomic mass is 35.5. The van der Waals surface area contributed by atoms with Gasteiger partial charge < -0.3 is 5.73 Å². The largest absolute Gasteiger partial charge is 0.387 e. The van der Waals surface area contributed by atoms with Gasteiger partial charge in [0.05, 0.1) is 11.9 Å². The first-order valence-corrected chi connectivity index (χ1v) is 4.02. The van der Waals surface area contributed by atoms with Gasteiger partial charge in [-0.05, 0) is 17.8 Å². The van der Waals surface area contributed by atoms with Crippen molar-refractivity contribution in [2.45, 2.75) is 26.3 Å². The van der Waals surface area contributed by atoms with E-state index >= 15 is 0 Å². The molecular formula is C8H15ClN2. The monoisotopic (exact) mass is 174 g/mol. The minimum absolute atomic E-state index is 0. The first kappa shape index (κ1) is 8.85. The molecule has 0 saturated heterocycles. The van der Waals surface area contributed by atoms with E-state index < -0.39 is 0 Å². The molecule has 11 heavy (non-hydrogen) atoms. The fourth-order valence-corrected chi connectivity index (χ4v) is 2.24. The lowest BCUT2D eigenvalue weighted by Crippen LogP contribution is -2.22. The van der Waals surface area contributed by atoms with E-state index in [0.717, 1.165) is 30.0 Å². The van der Waals surface area contributed by atoms with E-state index in [4.69, 9.17) is 5.73 Å². The summed E-state index contributed by atoms with van der Waals surface area (Å²) in [5, 5.41) is 0. The van der Waals surface area contributed by atoms with Crippen molar-refractivity contribution in [2.24, 2.45) is 28.5 Å². The molecule has 1 aliphatic heterocycles. The predicted octanol–water partition coefficient (Wildman–Crippen LogP) is 1.44. The van der Waals surface area contributed by atoms with Gasteiger partial charge in [-0.1, -0.05) is 13.8 Å². The van der Waals surface area contributed by atoms with Gasteiger partial charge in [0.25, 0.3) is 0 Å². The number of halogens is 1. The summed E-state index contributed by atoms with van der Waals surface area (Å²) < 4.78 is 0. The van der Waals surface area contributed by atoms with Crippen molar-refractivity contribution in [3.63, 3.8) is 0 Å². The van der Waals surface area contributed by atoms with E-state index in [9.17, 15) is 0 Å². The topological polar surface area (TPSA) is 38.4 Å². The zero-order valence-corrected chi connectivity index (χ0v) is 7.77. The summed E-state index contributed by atoms with van der Waals surface area (Å²) in [5.74, 6) is 3.30. The van der Waals surface area contributed by atoms with Crippen LogP contribution in [0.25, 0.3) is 0 Å². The average molecular weight is 175 g/mol. The molecule has 0 aromatic carbocycles. The van der Waals surface area contributed by atoms with Gasteiger partial charge in [0.2, 0.25) is 0 Å². The van der Waals surface area contributed by atoms with Crippen LogP contribution in [0.3, 0.4) is 0 Å². The van der Waals surface area contributed by atoms with E-state index in [1.54, 1.807) is 0 Å². The molecule has 64 valence electrons. The third kappa shape index (κ3) is 1.24. The van der Waals surface area contributed by atoms with Crippen molar-refractivity contribution in [1.29, 1.82) is 0 Å². The number of fused-ring (bicyclic) bond motifs is 1. The SMILES string of the molecule is C[C@@H]1[C@H]2N=C(N)C[C@H](C)[C@@H]12.Cl.